The van der Waals surface area contributed by atoms with Crippen LogP contribution in [0.4, 0.5) is 0 Å². The minimum absolute atomic E-state index is 0.0593. The van der Waals surface area contributed by atoms with Crippen LogP contribution < -0.4 is 10.5 Å². The third-order valence-corrected chi connectivity index (χ3v) is 6.33. The van der Waals surface area contributed by atoms with Gasteiger partial charge in [0.15, 0.2) is 0 Å². The van der Waals surface area contributed by atoms with Crippen molar-refractivity contribution in [2.75, 3.05) is 6.54 Å². The van der Waals surface area contributed by atoms with Gasteiger partial charge in [-0.05, 0) is 43.1 Å². The Hall–Kier alpha value is -1.92. The molecule has 0 saturated heterocycles. The fraction of sp³-hybridized carbons (Fsp3) is 0.389. The number of primary amides is 1. The second-order valence-electron chi connectivity index (χ2n) is 6.45. The molecule has 0 heterocycles. The lowest BCUT2D eigenvalue weighted by Gasteiger charge is -2.26. The summed E-state index contributed by atoms with van der Waals surface area (Å²) in [4.78, 5) is 11.5. The summed E-state index contributed by atoms with van der Waals surface area (Å²) >= 11 is 0. The second kappa shape index (κ2) is 6.91. The quantitative estimate of drug-likeness (QED) is 0.871. The van der Waals surface area contributed by atoms with Crippen LogP contribution >= 0.6 is 0 Å². The minimum Gasteiger partial charge on any atom is -0.369 e. The van der Waals surface area contributed by atoms with Crippen molar-refractivity contribution in [2.45, 2.75) is 30.6 Å². The van der Waals surface area contributed by atoms with Gasteiger partial charge in [-0.3, -0.25) is 4.79 Å². The van der Waals surface area contributed by atoms with Gasteiger partial charge in [0.25, 0.3) is 0 Å². The maximum Gasteiger partial charge on any atom is 0.241 e. The van der Waals surface area contributed by atoms with Crippen molar-refractivity contribution >= 4 is 26.7 Å². The summed E-state index contributed by atoms with van der Waals surface area (Å²) < 4.78 is 28.1. The first kappa shape index (κ1) is 16.9. The van der Waals surface area contributed by atoms with Crippen LogP contribution in [0, 0.1) is 11.8 Å². The number of rotatable bonds is 5. The lowest BCUT2D eigenvalue weighted by atomic mass is 9.82. The predicted molar refractivity (Wildman–Crippen MR) is 93.8 cm³/mol. The van der Waals surface area contributed by atoms with E-state index in [-0.39, 0.29) is 17.7 Å². The fourth-order valence-corrected chi connectivity index (χ4v) is 4.73. The molecular weight excluding hydrogens is 324 g/mol. The van der Waals surface area contributed by atoms with Crippen molar-refractivity contribution in [3.05, 3.63) is 42.5 Å². The Morgan fingerprint density at radius 1 is 1.04 bits per heavy atom. The molecule has 0 spiro atoms. The molecule has 0 aliphatic heterocycles. The lowest BCUT2D eigenvalue weighted by Crippen LogP contribution is -2.34. The maximum absolute atomic E-state index is 12.7. The monoisotopic (exact) mass is 346 g/mol. The molecule has 0 atom stereocenters. The van der Waals surface area contributed by atoms with Crippen LogP contribution in [0.25, 0.3) is 10.8 Å². The molecule has 3 N–H and O–H groups in total. The molecule has 5 nitrogen and oxygen atoms in total. The molecule has 1 aliphatic rings. The highest BCUT2D eigenvalue weighted by Crippen LogP contribution is 2.29. The van der Waals surface area contributed by atoms with Crippen molar-refractivity contribution in [2.24, 2.45) is 17.6 Å². The van der Waals surface area contributed by atoms with Gasteiger partial charge in [-0.25, -0.2) is 13.1 Å². The van der Waals surface area contributed by atoms with Crippen LogP contribution in [-0.4, -0.2) is 20.9 Å². The molecule has 6 heteroatoms. The van der Waals surface area contributed by atoms with Crippen molar-refractivity contribution in [3.63, 3.8) is 0 Å². The Labute approximate surface area is 142 Å². The molecule has 24 heavy (non-hydrogen) atoms. The third-order valence-electron chi connectivity index (χ3n) is 4.85. The van der Waals surface area contributed by atoms with Gasteiger partial charge in [-0.15, -0.1) is 0 Å². The van der Waals surface area contributed by atoms with Crippen LogP contribution in [0.1, 0.15) is 25.7 Å². The van der Waals surface area contributed by atoms with E-state index in [2.05, 4.69) is 4.72 Å². The number of benzene rings is 2. The molecule has 2 aromatic rings. The number of sulfonamides is 1. The molecule has 128 valence electrons. The minimum atomic E-state index is -3.56. The van der Waals surface area contributed by atoms with E-state index in [1.54, 1.807) is 12.1 Å². The molecule has 2 aromatic carbocycles. The first-order valence-electron chi connectivity index (χ1n) is 8.24. The van der Waals surface area contributed by atoms with E-state index in [9.17, 15) is 13.2 Å². The number of nitrogens with one attached hydrogen (secondary N) is 1. The highest BCUT2D eigenvalue weighted by Gasteiger charge is 2.26. The number of nitrogens with two attached hydrogens (primary N) is 1. The Morgan fingerprint density at radius 2 is 1.71 bits per heavy atom. The molecule has 0 unspecified atom stereocenters. The topological polar surface area (TPSA) is 89.3 Å². The first-order chi connectivity index (χ1) is 11.5. The normalized spacial score (nSPS) is 21.7. The second-order valence-corrected chi connectivity index (χ2v) is 8.18. The molecule has 1 saturated carbocycles. The molecule has 1 fully saturated rings. The summed E-state index contributed by atoms with van der Waals surface area (Å²) in [6.45, 7) is 0.400. The molecule has 0 aromatic heterocycles. The highest BCUT2D eigenvalue weighted by atomic mass is 32.2. The van der Waals surface area contributed by atoms with Crippen molar-refractivity contribution < 1.29 is 13.2 Å². The zero-order valence-corrected chi connectivity index (χ0v) is 14.3. The van der Waals surface area contributed by atoms with Gasteiger partial charge in [0.05, 0.1) is 4.90 Å². The van der Waals surface area contributed by atoms with Crippen LogP contribution in [-0.2, 0) is 14.8 Å². The number of fused-ring (bicyclic) bond motifs is 1. The fourth-order valence-electron chi connectivity index (χ4n) is 3.39. The molecule has 1 aliphatic carbocycles. The Morgan fingerprint density at radius 3 is 2.42 bits per heavy atom. The maximum atomic E-state index is 12.7. The zero-order valence-electron chi connectivity index (χ0n) is 13.4. The number of hydrogen-bond donors (Lipinski definition) is 2. The van der Waals surface area contributed by atoms with E-state index in [1.807, 2.05) is 30.3 Å². The summed E-state index contributed by atoms with van der Waals surface area (Å²) in [5.41, 5.74) is 5.33. The Bertz CT molecular complexity index is 835. The molecule has 1 amide bonds. The smallest absolute Gasteiger partial charge is 0.241 e. The molecule has 3 rings (SSSR count). The lowest BCUT2D eigenvalue weighted by molar-refractivity contribution is -0.122. The molecule has 0 radical (unpaired) electrons. The van der Waals surface area contributed by atoms with Crippen LogP contribution in [0.2, 0.25) is 0 Å². The number of carbonyl (C=O) groups excluding carboxylic acids is 1. The molecule has 0 bridgehead atoms. The van der Waals surface area contributed by atoms with Gasteiger partial charge in [0.2, 0.25) is 15.9 Å². The summed E-state index contributed by atoms with van der Waals surface area (Å²) in [7, 11) is -3.56. The van der Waals surface area contributed by atoms with E-state index >= 15 is 0 Å². The summed E-state index contributed by atoms with van der Waals surface area (Å²) in [5.74, 6) is -0.0499. The van der Waals surface area contributed by atoms with Gasteiger partial charge >= 0.3 is 0 Å². The van der Waals surface area contributed by atoms with Gasteiger partial charge in [0, 0.05) is 17.8 Å². The van der Waals surface area contributed by atoms with E-state index < -0.39 is 10.0 Å². The van der Waals surface area contributed by atoms with Crippen LogP contribution in [0.3, 0.4) is 0 Å². The Balaban J connectivity index is 1.69. The first-order valence-corrected chi connectivity index (χ1v) is 9.72. The van der Waals surface area contributed by atoms with E-state index in [4.69, 9.17) is 5.73 Å². The zero-order chi connectivity index (χ0) is 17.2. The van der Waals surface area contributed by atoms with Crippen molar-refractivity contribution in [3.8, 4) is 0 Å². The third kappa shape index (κ3) is 3.60. The summed E-state index contributed by atoms with van der Waals surface area (Å²) in [6, 6.07) is 12.8. The standard InChI is InChI=1S/C18H22N2O3S/c19-18(21)15-10-8-13(9-11-15)12-20-24(22,23)17-7-3-5-14-4-1-2-6-16(14)17/h1-7,13,15,20H,8-12H2,(H2,19,21). The van der Waals surface area contributed by atoms with Gasteiger partial charge in [-0.2, -0.15) is 0 Å². The number of amides is 1. The van der Waals surface area contributed by atoms with Crippen molar-refractivity contribution in [1.82, 2.24) is 4.72 Å². The molecular formula is C18H22N2O3S. The van der Waals surface area contributed by atoms with Gasteiger partial charge in [-0.1, -0.05) is 36.4 Å². The van der Waals surface area contributed by atoms with Crippen molar-refractivity contribution in [1.29, 1.82) is 0 Å². The summed E-state index contributed by atoms with van der Waals surface area (Å²) in [6.07, 6.45) is 3.14. The largest absolute Gasteiger partial charge is 0.369 e. The van der Waals surface area contributed by atoms with Crippen LogP contribution in [0.5, 0.6) is 0 Å². The number of carbonyl (C=O) groups is 1. The Kier molecular flexibility index (Phi) is 4.87. The highest BCUT2D eigenvalue weighted by molar-refractivity contribution is 7.89. The number of hydrogen-bond acceptors (Lipinski definition) is 3. The van der Waals surface area contributed by atoms with E-state index in [0.717, 1.165) is 36.5 Å². The van der Waals surface area contributed by atoms with E-state index in [0.29, 0.717) is 11.4 Å². The predicted octanol–water partition coefficient (Wildman–Crippen LogP) is 2.41. The SMILES string of the molecule is NC(=O)C1CCC(CNS(=O)(=O)c2cccc3ccccc23)CC1. The van der Waals surface area contributed by atoms with Gasteiger partial charge < -0.3 is 5.73 Å². The average molecular weight is 346 g/mol. The van der Waals surface area contributed by atoms with Crippen LogP contribution in [0.15, 0.2) is 47.4 Å². The average Bonchev–Trinajstić information content (AvgIpc) is 2.60. The van der Waals surface area contributed by atoms with Gasteiger partial charge in [0.1, 0.15) is 0 Å². The van der Waals surface area contributed by atoms with E-state index in [1.165, 1.54) is 0 Å². The summed E-state index contributed by atoms with van der Waals surface area (Å²) in [5, 5.41) is 1.63.